The monoisotopic (exact) mass is 458 g/mol. The average molecular weight is 459 g/mol. The van der Waals surface area contributed by atoms with Gasteiger partial charge < -0.3 is 10.3 Å². The lowest BCUT2D eigenvalue weighted by molar-refractivity contribution is -0.113. The van der Waals surface area contributed by atoms with Crippen LogP contribution in [0.15, 0.2) is 57.5 Å². The van der Waals surface area contributed by atoms with Gasteiger partial charge in [-0.05, 0) is 36.8 Å². The minimum Gasteiger partial charge on any atom is -0.333 e. The van der Waals surface area contributed by atoms with Crippen molar-refractivity contribution in [3.05, 3.63) is 57.9 Å². The van der Waals surface area contributed by atoms with E-state index < -0.39 is 0 Å². The number of hydrogen-bond acceptors (Lipinski definition) is 5. The Kier molecular flexibility index (Phi) is 5.29. The Balaban J connectivity index is 1.38. The number of rotatable bonds is 5. The maximum atomic E-state index is 12.2. The fraction of sp³-hybridized carbons (Fsp3) is 0.105. The Morgan fingerprint density at radius 2 is 2.15 bits per heavy atom. The minimum absolute atomic E-state index is 0.105. The molecule has 0 aliphatic rings. The van der Waals surface area contributed by atoms with Gasteiger partial charge in [0.15, 0.2) is 10.3 Å². The third-order valence-corrected chi connectivity index (χ3v) is 5.95. The van der Waals surface area contributed by atoms with Crippen molar-refractivity contribution < 1.29 is 4.79 Å². The molecule has 136 valence electrons. The summed E-state index contributed by atoms with van der Waals surface area (Å²) in [4.78, 5) is 24.5. The highest BCUT2D eigenvalue weighted by Gasteiger charge is 2.11. The van der Waals surface area contributed by atoms with Crippen molar-refractivity contribution in [2.24, 2.45) is 0 Å². The summed E-state index contributed by atoms with van der Waals surface area (Å²) in [5.41, 5.74) is 4.91. The second-order valence-electron chi connectivity index (χ2n) is 5.95. The molecule has 0 aliphatic heterocycles. The maximum Gasteiger partial charge on any atom is 0.236 e. The number of thioether (sulfide) groups is 1. The Bertz CT molecular complexity index is 1120. The number of H-pyrrole nitrogens is 1. The smallest absolute Gasteiger partial charge is 0.236 e. The van der Waals surface area contributed by atoms with Gasteiger partial charge in [0.05, 0.1) is 22.5 Å². The molecule has 2 N–H and O–H groups in total. The SMILES string of the molecule is Cc1ccc2nc(SCC(=O)Nc3nc(-c4cccc(Br)c4)cs3)[nH]c2c1. The summed E-state index contributed by atoms with van der Waals surface area (Å²) in [7, 11) is 0. The zero-order valence-corrected chi connectivity index (χ0v) is 17.5. The Labute approximate surface area is 172 Å². The molecule has 2 aromatic heterocycles. The first-order chi connectivity index (χ1) is 13.1. The number of anilines is 1. The molecule has 1 amide bonds. The highest BCUT2D eigenvalue weighted by Crippen LogP contribution is 2.27. The normalized spacial score (nSPS) is 11.0. The zero-order chi connectivity index (χ0) is 18.8. The van der Waals surface area contributed by atoms with Gasteiger partial charge in [0.1, 0.15) is 0 Å². The van der Waals surface area contributed by atoms with Gasteiger partial charge in [-0.1, -0.05) is 45.9 Å². The van der Waals surface area contributed by atoms with Crippen LogP contribution in [0.4, 0.5) is 5.13 Å². The number of benzene rings is 2. The Morgan fingerprint density at radius 3 is 3.00 bits per heavy atom. The second-order valence-corrected chi connectivity index (χ2v) is 8.69. The number of nitrogens with one attached hydrogen (secondary N) is 2. The summed E-state index contributed by atoms with van der Waals surface area (Å²) in [6, 6.07) is 14.0. The fourth-order valence-corrected chi connectivity index (χ4v) is 4.39. The van der Waals surface area contributed by atoms with Crippen molar-refractivity contribution in [2.75, 3.05) is 11.1 Å². The lowest BCUT2D eigenvalue weighted by Crippen LogP contribution is -2.13. The zero-order valence-electron chi connectivity index (χ0n) is 14.3. The van der Waals surface area contributed by atoms with Crippen molar-refractivity contribution in [3.63, 3.8) is 0 Å². The van der Waals surface area contributed by atoms with Gasteiger partial charge >= 0.3 is 0 Å². The standard InChI is InChI=1S/C19H15BrN4OS2/c1-11-5-6-14-15(7-11)22-18(21-14)27-10-17(25)24-19-23-16(9-26-19)12-3-2-4-13(20)8-12/h2-9H,10H2,1H3,(H,21,22)(H,23,24,25). The van der Waals surface area contributed by atoms with E-state index in [-0.39, 0.29) is 11.7 Å². The van der Waals surface area contributed by atoms with Crippen molar-refractivity contribution in [2.45, 2.75) is 12.1 Å². The van der Waals surface area contributed by atoms with Gasteiger partial charge in [0.2, 0.25) is 5.91 Å². The van der Waals surface area contributed by atoms with Crippen LogP contribution >= 0.6 is 39.0 Å². The van der Waals surface area contributed by atoms with Gasteiger partial charge in [-0.2, -0.15) is 0 Å². The van der Waals surface area contributed by atoms with Crippen LogP contribution in [0.1, 0.15) is 5.56 Å². The third kappa shape index (κ3) is 4.40. The van der Waals surface area contributed by atoms with Crippen molar-refractivity contribution in [1.29, 1.82) is 0 Å². The molecule has 8 heteroatoms. The van der Waals surface area contributed by atoms with E-state index in [1.807, 2.05) is 54.8 Å². The topological polar surface area (TPSA) is 70.7 Å². The largest absolute Gasteiger partial charge is 0.333 e. The molecule has 0 radical (unpaired) electrons. The van der Waals surface area contributed by atoms with E-state index >= 15 is 0 Å². The second kappa shape index (κ2) is 7.84. The Morgan fingerprint density at radius 1 is 1.26 bits per heavy atom. The highest BCUT2D eigenvalue weighted by molar-refractivity contribution is 9.10. The fourth-order valence-electron chi connectivity index (χ4n) is 2.57. The number of nitrogens with zero attached hydrogens (tertiary/aromatic N) is 2. The van der Waals surface area contributed by atoms with Crippen LogP contribution in [0, 0.1) is 6.92 Å². The Hall–Kier alpha value is -2.16. The number of aryl methyl sites for hydroxylation is 1. The predicted octanol–water partition coefficient (Wildman–Crippen LogP) is 5.49. The molecular weight excluding hydrogens is 444 g/mol. The number of aromatic nitrogens is 3. The molecule has 0 saturated carbocycles. The number of thiazole rings is 1. The molecule has 0 unspecified atom stereocenters. The van der Waals surface area contributed by atoms with Crippen LogP contribution in [0.25, 0.3) is 22.3 Å². The first kappa shape index (κ1) is 18.2. The van der Waals surface area contributed by atoms with Crippen LogP contribution in [0.3, 0.4) is 0 Å². The van der Waals surface area contributed by atoms with E-state index in [1.54, 1.807) is 0 Å². The molecule has 0 saturated heterocycles. The molecule has 0 atom stereocenters. The first-order valence-electron chi connectivity index (χ1n) is 8.17. The first-order valence-corrected chi connectivity index (χ1v) is 10.8. The summed E-state index contributed by atoms with van der Waals surface area (Å²) >= 11 is 6.25. The molecule has 27 heavy (non-hydrogen) atoms. The van der Waals surface area contributed by atoms with Crippen LogP contribution in [-0.2, 0) is 4.79 Å². The van der Waals surface area contributed by atoms with Gasteiger partial charge in [-0.25, -0.2) is 9.97 Å². The van der Waals surface area contributed by atoms with Crippen molar-refractivity contribution in [1.82, 2.24) is 15.0 Å². The summed E-state index contributed by atoms with van der Waals surface area (Å²) in [6.07, 6.45) is 0. The minimum atomic E-state index is -0.105. The van der Waals surface area contributed by atoms with Crippen LogP contribution in [0.2, 0.25) is 0 Å². The number of aromatic amines is 1. The molecule has 0 spiro atoms. The number of hydrogen-bond donors (Lipinski definition) is 2. The molecule has 2 heterocycles. The van der Waals surface area contributed by atoms with Gasteiger partial charge in [-0.15, -0.1) is 11.3 Å². The number of carbonyl (C=O) groups is 1. The number of imidazole rings is 1. The number of halogens is 1. The predicted molar refractivity (Wildman–Crippen MR) is 115 cm³/mol. The van der Waals surface area contributed by atoms with E-state index in [0.29, 0.717) is 5.13 Å². The molecule has 0 bridgehead atoms. The third-order valence-electron chi connectivity index (χ3n) is 3.83. The van der Waals surface area contributed by atoms with E-state index in [9.17, 15) is 4.79 Å². The molecule has 5 nitrogen and oxygen atoms in total. The maximum absolute atomic E-state index is 12.2. The van der Waals surface area contributed by atoms with Gasteiger partial charge in [0, 0.05) is 15.4 Å². The molecule has 4 aromatic rings. The van der Waals surface area contributed by atoms with Crippen LogP contribution < -0.4 is 5.32 Å². The van der Waals surface area contributed by atoms with Crippen molar-refractivity contribution >= 4 is 61.1 Å². The highest BCUT2D eigenvalue weighted by atomic mass is 79.9. The average Bonchev–Trinajstić information content (AvgIpc) is 3.26. The molecular formula is C19H15BrN4OS2. The quantitative estimate of drug-likeness (QED) is 0.388. The van der Waals surface area contributed by atoms with E-state index in [4.69, 9.17) is 0 Å². The summed E-state index contributed by atoms with van der Waals surface area (Å²) < 4.78 is 0.996. The lowest BCUT2D eigenvalue weighted by atomic mass is 10.2. The summed E-state index contributed by atoms with van der Waals surface area (Å²) in [5.74, 6) is 0.164. The van der Waals surface area contributed by atoms with Crippen LogP contribution in [-0.4, -0.2) is 26.6 Å². The van der Waals surface area contributed by atoms with E-state index in [0.717, 1.165) is 31.9 Å². The molecule has 2 aromatic carbocycles. The lowest BCUT2D eigenvalue weighted by Gasteiger charge is -2.00. The van der Waals surface area contributed by atoms with E-state index in [2.05, 4.69) is 36.2 Å². The number of carbonyl (C=O) groups excluding carboxylic acids is 1. The van der Waals surface area contributed by atoms with E-state index in [1.165, 1.54) is 28.7 Å². The summed E-state index contributed by atoms with van der Waals surface area (Å²) in [6.45, 7) is 2.04. The molecule has 0 aliphatic carbocycles. The summed E-state index contributed by atoms with van der Waals surface area (Å²) in [5, 5.41) is 6.12. The molecule has 0 fully saturated rings. The number of fused-ring (bicyclic) bond motifs is 1. The van der Waals surface area contributed by atoms with Gasteiger partial charge in [-0.3, -0.25) is 4.79 Å². The van der Waals surface area contributed by atoms with Crippen LogP contribution in [0.5, 0.6) is 0 Å². The number of amides is 1. The van der Waals surface area contributed by atoms with Crippen molar-refractivity contribution in [3.8, 4) is 11.3 Å². The van der Waals surface area contributed by atoms with Gasteiger partial charge in [0.25, 0.3) is 0 Å². The molecule has 4 rings (SSSR count).